The number of hydrogen-bond donors (Lipinski definition) is 2. The molecular weight excluding hydrogens is 184 g/mol. The van der Waals surface area contributed by atoms with Crippen LogP contribution in [0.5, 0.6) is 0 Å². The van der Waals surface area contributed by atoms with Gasteiger partial charge in [-0.15, -0.1) is 0 Å². The summed E-state index contributed by atoms with van der Waals surface area (Å²) in [5, 5.41) is 9.26. The summed E-state index contributed by atoms with van der Waals surface area (Å²) in [5.41, 5.74) is 5.45. The molecule has 1 unspecified atom stereocenters. The summed E-state index contributed by atoms with van der Waals surface area (Å²) in [6.45, 7) is 0.273. The Morgan fingerprint density at radius 2 is 2.36 bits per heavy atom. The van der Waals surface area contributed by atoms with Gasteiger partial charge in [-0.1, -0.05) is 0 Å². The molecule has 1 fully saturated rings. The van der Waals surface area contributed by atoms with Crippen LogP contribution in [-0.2, 0) is 4.79 Å². The molecule has 74 valence electrons. The molecule has 1 saturated heterocycles. The highest BCUT2D eigenvalue weighted by atomic mass is 16.3. The van der Waals surface area contributed by atoms with Gasteiger partial charge in [0.2, 0.25) is 5.91 Å². The molecule has 0 spiro atoms. The van der Waals surface area contributed by atoms with Gasteiger partial charge in [-0.2, -0.15) is 0 Å². The summed E-state index contributed by atoms with van der Waals surface area (Å²) in [4.78, 5) is 20.4. The summed E-state index contributed by atoms with van der Waals surface area (Å²) < 4.78 is 0. The molecule has 1 aromatic rings. The molecular formula is C8H10N4O2. The van der Waals surface area contributed by atoms with Gasteiger partial charge in [0, 0.05) is 6.07 Å². The van der Waals surface area contributed by atoms with Crippen LogP contribution in [0.3, 0.4) is 0 Å². The predicted molar refractivity (Wildman–Crippen MR) is 49.4 cm³/mol. The number of rotatable bonds is 1. The number of nitrogens with zero attached hydrogens (tertiary/aromatic N) is 3. The van der Waals surface area contributed by atoms with E-state index in [0.29, 0.717) is 11.6 Å². The Bertz CT molecular complexity index is 368. The minimum atomic E-state index is -0.612. The van der Waals surface area contributed by atoms with Crippen molar-refractivity contribution in [1.82, 2.24) is 9.97 Å². The van der Waals surface area contributed by atoms with Gasteiger partial charge in [-0.25, -0.2) is 9.97 Å². The van der Waals surface area contributed by atoms with Crippen molar-refractivity contribution in [1.29, 1.82) is 0 Å². The van der Waals surface area contributed by atoms with E-state index in [1.165, 1.54) is 17.3 Å². The van der Waals surface area contributed by atoms with Crippen LogP contribution in [0.2, 0.25) is 0 Å². The smallest absolute Gasteiger partial charge is 0.230 e. The Balaban J connectivity index is 2.27. The molecule has 1 aliphatic rings. The molecule has 0 aliphatic carbocycles. The SMILES string of the molecule is Nc1cc(N2CC(O)CC2=O)ncn1. The van der Waals surface area contributed by atoms with E-state index >= 15 is 0 Å². The molecule has 1 amide bonds. The molecule has 6 heteroatoms. The summed E-state index contributed by atoms with van der Waals surface area (Å²) in [7, 11) is 0. The fourth-order valence-electron chi connectivity index (χ4n) is 1.42. The summed E-state index contributed by atoms with van der Waals surface area (Å²) >= 11 is 0. The first kappa shape index (κ1) is 8.89. The van der Waals surface area contributed by atoms with Gasteiger partial charge in [0.15, 0.2) is 0 Å². The Labute approximate surface area is 80.4 Å². The van der Waals surface area contributed by atoms with Crippen LogP contribution in [0.1, 0.15) is 6.42 Å². The second-order valence-corrected chi connectivity index (χ2v) is 3.16. The van der Waals surface area contributed by atoms with E-state index < -0.39 is 6.10 Å². The van der Waals surface area contributed by atoms with Crippen molar-refractivity contribution in [3.05, 3.63) is 12.4 Å². The molecule has 3 N–H and O–H groups in total. The average Bonchev–Trinajstić information content (AvgIpc) is 2.45. The summed E-state index contributed by atoms with van der Waals surface area (Å²) in [6, 6.07) is 1.51. The fraction of sp³-hybridized carbons (Fsp3) is 0.375. The first-order chi connectivity index (χ1) is 6.66. The number of aliphatic hydroxyl groups is 1. The first-order valence-corrected chi connectivity index (χ1v) is 4.23. The fourth-order valence-corrected chi connectivity index (χ4v) is 1.42. The van der Waals surface area contributed by atoms with Gasteiger partial charge in [-0.05, 0) is 0 Å². The zero-order valence-electron chi connectivity index (χ0n) is 7.42. The number of aromatic nitrogens is 2. The van der Waals surface area contributed by atoms with Gasteiger partial charge in [-0.3, -0.25) is 9.69 Å². The number of nitrogen functional groups attached to an aromatic ring is 1. The summed E-state index contributed by atoms with van der Waals surface area (Å²) in [5.74, 6) is 0.610. The maximum Gasteiger partial charge on any atom is 0.230 e. The highest BCUT2D eigenvalue weighted by Crippen LogP contribution is 2.19. The molecule has 2 heterocycles. The largest absolute Gasteiger partial charge is 0.391 e. The number of nitrogens with two attached hydrogens (primary N) is 1. The first-order valence-electron chi connectivity index (χ1n) is 4.23. The lowest BCUT2D eigenvalue weighted by molar-refractivity contribution is -0.117. The van der Waals surface area contributed by atoms with E-state index in [9.17, 15) is 9.90 Å². The number of anilines is 2. The highest BCUT2D eigenvalue weighted by molar-refractivity contribution is 5.95. The van der Waals surface area contributed by atoms with Crippen LogP contribution in [0.15, 0.2) is 12.4 Å². The van der Waals surface area contributed by atoms with Crippen molar-refractivity contribution in [3.63, 3.8) is 0 Å². The molecule has 0 bridgehead atoms. The van der Waals surface area contributed by atoms with E-state index in [0.717, 1.165) is 0 Å². The van der Waals surface area contributed by atoms with Crippen molar-refractivity contribution in [2.75, 3.05) is 17.2 Å². The van der Waals surface area contributed by atoms with Crippen LogP contribution in [0, 0.1) is 0 Å². The van der Waals surface area contributed by atoms with Crippen LogP contribution in [-0.4, -0.2) is 33.6 Å². The van der Waals surface area contributed by atoms with Crippen molar-refractivity contribution < 1.29 is 9.90 Å². The zero-order chi connectivity index (χ0) is 10.1. The van der Waals surface area contributed by atoms with Crippen molar-refractivity contribution in [3.8, 4) is 0 Å². The van der Waals surface area contributed by atoms with Gasteiger partial charge < -0.3 is 10.8 Å². The number of carbonyl (C=O) groups excluding carboxylic acids is 1. The van der Waals surface area contributed by atoms with Gasteiger partial charge in [0.25, 0.3) is 0 Å². The van der Waals surface area contributed by atoms with Crippen LogP contribution in [0.4, 0.5) is 11.6 Å². The van der Waals surface area contributed by atoms with Crippen molar-refractivity contribution >= 4 is 17.5 Å². The van der Waals surface area contributed by atoms with E-state index in [1.807, 2.05) is 0 Å². The highest BCUT2D eigenvalue weighted by Gasteiger charge is 2.29. The third-order valence-electron chi connectivity index (χ3n) is 2.05. The minimum Gasteiger partial charge on any atom is -0.391 e. The van der Waals surface area contributed by atoms with Crippen LogP contribution >= 0.6 is 0 Å². The molecule has 1 atom stereocenters. The molecule has 6 nitrogen and oxygen atoms in total. The normalized spacial score (nSPS) is 21.6. The molecule has 2 rings (SSSR count). The van der Waals surface area contributed by atoms with Gasteiger partial charge in [0.1, 0.15) is 18.0 Å². The van der Waals surface area contributed by atoms with E-state index in [-0.39, 0.29) is 18.9 Å². The van der Waals surface area contributed by atoms with Crippen molar-refractivity contribution in [2.24, 2.45) is 0 Å². The standard InChI is InChI=1S/C8H10N4O2/c9-6-2-7(11-4-10-6)12-3-5(13)1-8(12)14/h2,4-5,13H,1,3H2,(H2,9,10,11). The lowest BCUT2D eigenvalue weighted by Crippen LogP contribution is -2.26. The second kappa shape index (κ2) is 3.22. The predicted octanol–water partition coefficient (Wildman–Crippen LogP) is -0.844. The Morgan fingerprint density at radius 1 is 1.57 bits per heavy atom. The maximum absolute atomic E-state index is 11.4. The van der Waals surface area contributed by atoms with Crippen LogP contribution in [0.25, 0.3) is 0 Å². The third-order valence-corrected chi connectivity index (χ3v) is 2.05. The Morgan fingerprint density at radius 3 is 2.93 bits per heavy atom. The number of carbonyl (C=O) groups is 1. The number of hydrogen-bond acceptors (Lipinski definition) is 5. The number of aliphatic hydroxyl groups excluding tert-OH is 1. The Kier molecular flexibility index (Phi) is 2.05. The molecule has 0 saturated carbocycles. The van der Waals surface area contributed by atoms with E-state index in [2.05, 4.69) is 9.97 Å². The van der Waals surface area contributed by atoms with Gasteiger partial charge in [0.05, 0.1) is 19.1 Å². The number of β-amino-alcohol motifs (C(OH)–C–C–N with tert-alkyl or cyclic N) is 1. The topological polar surface area (TPSA) is 92.3 Å². The van der Waals surface area contributed by atoms with Crippen LogP contribution < -0.4 is 10.6 Å². The lowest BCUT2D eigenvalue weighted by atomic mass is 10.3. The molecule has 14 heavy (non-hydrogen) atoms. The van der Waals surface area contributed by atoms with E-state index in [1.54, 1.807) is 0 Å². The second-order valence-electron chi connectivity index (χ2n) is 3.16. The maximum atomic E-state index is 11.4. The quantitative estimate of drug-likeness (QED) is 0.608. The van der Waals surface area contributed by atoms with Gasteiger partial charge >= 0.3 is 0 Å². The minimum absolute atomic E-state index is 0.143. The monoisotopic (exact) mass is 194 g/mol. The number of amides is 1. The third kappa shape index (κ3) is 1.51. The van der Waals surface area contributed by atoms with E-state index in [4.69, 9.17) is 5.73 Å². The van der Waals surface area contributed by atoms with Crippen molar-refractivity contribution in [2.45, 2.75) is 12.5 Å². The molecule has 0 radical (unpaired) electrons. The Hall–Kier alpha value is -1.69. The average molecular weight is 194 g/mol. The lowest BCUT2D eigenvalue weighted by Gasteiger charge is -2.13. The summed E-state index contributed by atoms with van der Waals surface area (Å²) in [6.07, 6.45) is 0.825. The molecule has 1 aromatic heterocycles. The molecule has 1 aliphatic heterocycles. The zero-order valence-corrected chi connectivity index (χ0v) is 7.42. The molecule has 0 aromatic carbocycles.